The summed E-state index contributed by atoms with van der Waals surface area (Å²) in [5.41, 5.74) is 7.41. The van der Waals surface area contributed by atoms with E-state index < -0.39 is 0 Å². The minimum atomic E-state index is -0.382. The lowest BCUT2D eigenvalue weighted by molar-refractivity contribution is 0.600. The Morgan fingerprint density at radius 1 is 1.19 bits per heavy atom. The van der Waals surface area contributed by atoms with Crippen molar-refractivity contribution in [3.63, 3.8) is 0 Å². The number of aromatic nitrogens is 4. The lowest BCUT2D eigenvalue weighted by atomic mass is 10.1. The van der Waals surface area contributed by atoms with Gasteiger partial charge in [0.1, 0.15) is 17.5 Å². The number of nitrogens with one attached hydrogen (secondary N) is 3. The van der Waals surface area contributed by atoms with E-state index in [9.17, 15) is 4.39 Å². The number of halogens is 2. The molecule has 7 nitrogen and oxygen atoms in total. The van der Waals surface area contributed by atoms with Crippen LogP contribution in [0.15, 0.2) is 30.3 Å². The second kappa shape index (κ2) is 7.03. The first-order valence-electron chi connectivity index (χ1n) is 8.66. The zero-order valence-electron chi connectivity index (χ0n) is 14.6. The highest BCUT2D eigenvalue weighted by atomic mass is 35.5. The molecule has 1 fully saturated rings. The fourth-order valence-corrected chi connectivity index (χ4v) is 3.05. The monoisotopic (exact) mass is 387 g/mol. The molecular formula is C18H19ClFN7. The molecule has 1 saturated carbocycles. The van der Waals surface area contributed by atoms with Crippen LogP contribution in [0.4, 0.5) is 27.8 Å². The second-order valence-electron chi connectivity index (χ2n) is 6.64. The zero-order valence-corrected chi connectivity index (χ0v) is 15.4. The molecule has 2 heterocycles. The number of nitrogen functional groups attached to an aromatic ring is 1. The van der Waals surface area contributed by atoms with Crippen LogP contribution in [-0.2, 0) is 0 Å². The number of H-pyrrole nitrogens is 1. The standard InChI is InChI=1S/C18H19ClFN7/c1-9(12-5-4-11(19)6-13(12)20)22-15-8-16(25-18(21)24-15)23-17-7-14(26-27-17)10-2-3-10/h4-10H,2-3H2,1H3,(H5,21,22,23,24,25,26,27). The van der Waals surface area contributed by atoms with E-state index in [1.165, 1.54) is 18.9 Å². The van der Waals surface area contributed by atoms with Gasteiger partial charge in [-0.25, -0.2) is 4.39 Å². The van der Waals surface area contributed by atoms with Gasteiger partial charge in [0, 0.05) is 34.3 Å². The number of nitrogens with zero attached hydrogens (tertiary/aromatic N) is 3. The van der Waals surface area contributed by atoms with Gasteiger partial charge in [-0.05, 0) is 31.9 Å². The number of benzene rings is 1. The van der Waals surface area contributed by atoms with Crippen molar-refractivity contribution in [3.8, 4) is 0 Å². The highest BCUT2D eigenvalue weighted by molar-refractivity contribution is 6.30. The Hall–Kier alpha value is -2.87. The van der Waals surface area contributed by atoms with Crippen LogP contribution in [0.2, 0.25) is 5.02 Å². The van der Waals surface area contributed by atoms with Gasteiger partial charge in [0.05, 0.1) is 6.04 Å². The van der Waals surface area contributed by atoms with Gasteiger partial charge in [-0.15, -0.1) is 0 Å². The SMILES string of the molecule is CC(Nc1cc(Nc2cc(C3CC3)[nH]n2)nc(N)n1)c1ccc(Cl)cc1F. The number of aromatic amines is 1. The molecule has 1 aromatic carbocycles. The lowest BCUT2D eigenvalue weighted by Gasteiger charge is -2.16. The Morgan fingerprint density at radius 2 is 1.96 bits per heavy atom. The molecule has 27 heavy (non-hydrogen) atoms. The van der Waals surface area contributed by atoms with Gasteiger partial charge in [-0.2, -0.15) is 15.1 Å². The van der Waals surface area contributed by atoms with Crippen molar-refractivity contribution >= 4 is 35.0 Å². The van der Waals surface area contributed by atoms with Gasteiger partial charge in [-0.1, -0.05) is 17.7 Å². The summed E-state index contributed by atoms with van der Waals surface area (Å²) in [6.07, 6.45) is 2.38. The summed E-state index contributed by atoms with van der Waals surface area (Å²) >= 11 is 5.81. The molecule has 0 aliphatic heterocycles. The lowest BCUT2D eigenvalue weighted by Crippen LogP contribution is -2.11. The van der Waals surface area contributed by atoms with Crippen LogP contribution in [0.25, 0.3) is 0 Å². The fourth-order valence-electron chi connectivity index (χ4n) is 2.89. The molecule has 0 saturated heterocycles. The van der Waals surface area contributed by atoms with Crippen LogP contribution in [0, 0.1) is 5.82 Å². The van der Waals surface area contributed by atoms with Gasteiger partial charge < -0.3 is 16.4 Å². The van der Waals surface area contributed by atoms with Gasteiger partial charge in [0.2, 0.25) is 5.95 Å². The van der Waals surface area contributed by atoms with E-state index in [1.54, 1.807) is 18.2 Å². The van der Waals surface area contributed by atoms with Crippen molar-refractivity contribution in [1.82, 2.24) is 20.2 Å². The Balaban J connectivity index is 1.50. The van der Waals surface area contributed by atoms with E-state index in [2.05, 4.69) is 30.8 Å². The summed E-state index contributed by atoms with van der Waals surface area (Å²) in [5, 5.41) is 13.9. The Kier molecular flexibility index (Phi) is 4.57. The molecule has 0 spiro atoms. The number of anilines is 4. The molecule has 4 rings (SSSR count). The third kappa shape index (κ3) is 4.11. The Morgan fingerprint density at radius 3 is 2.70 bits per heavy atom. The van der Waals surface area contributed by atoms with E-state index in [1.807, 2.05) is 13.0 Å². The summed E-state index contributed by atoms with van der Waals surface area (Å²) in [6.45, 7) is 1.83. The Labute approximate surface area is 160 Å². The summed E-state index contributed by atoms with van der Waals surface area (Å²) in [5.74, 6) is 1.94. The van der Waals surface area contributed by atoms with Crippen LogP contribution in [0.5, 0.6) is 0 Å². The molecule has 0 radical (unpaired) electrons. The van der Waals surface area contributed by atoms with Crippen molar-refractivity contribution in [2.24, 2.45) is 0 Å². The van der Waals surface area contributed by atoms with Gasteiger partial charge >= 0.3 is 0 Å². The number of nitrogens with two attached hydrogens (primary N) is 1. The van der Waals surface area contributed by atoms with Crippen LogP contribution < -0.4 is 16.4 Å². The average molecular weight is 388 g/mol. The molecule has 0 bridgehead atoms. The van der Waals surface area contributed by atoms with Crippen LogP contribution >= 0.6 is 11.6 Å². The number of hydrogen-bond acceptors (Lipinski definition) is 6. The molecule has 140 valence electrons. The molecule has 0 amide bonds. The zero-order chi connectivity index (χ0) is 19.0. The summed E-state index contributed by atoms with van der Waals surface area (Å²) in [4.78, 5) is 8.35. The first kappa shape index (κ1) is 17.5. The maximum Gasteiger partial charge on any atom is 0.223 e. The molecule has 3 aromatic rings. The number of rotatable bonds is 6. The third-order valence-electron chi connectivity index (χ3n) is 4.41. The van der Waals surface area contributed by atoms with Crippen molar-refractivity contribution in [2.75, 3.05) is 16.4 Å². The predicted molar refractivity (Wildman–Crippen MR) is 104 cm³/mol. The van der Waals surface area contributed by atoms with E-state index in [-0.39, 0.29) is 17.8 Å². The van der Waals surface area contributed by atoms with Crippen molar-refractivity contribution in [3.05, 3.63) is 52.4 Å². The van der Waals surface area contributed by atoms with Gasteiger partial charge in [-0.3, -0.25) is 5.10 Å². The maximum absolute atomic E-state index is 14.1. The first-order valence-corrected chi connectivity index (χ1v) is 9.04. The molecule has 5 N–H and O–H groups in total. The van der Waals surface area contributed by atoms with Crippen LogP contribution in [0.3, 0.4) is 0 Å². The molecular weight excluding hydrogens is 369 g/mol. The topological polar surface area (TPSA) is 105 Å². The van der Waals surface area contributed by atoms with E-state index in [0.29, 0.717) is 34.0 Å². The van der Waals surface area contributed by atoms with E-state index in [4.69, 9.17) is 17.3 Å². The second-order valence-corrected chi connectivity index (χ2v) is 7.07. The predicted octanol–water partition coefficient (Wildman–Crippen LogP) is 4.37. The smallest absolute Gasteiger partial charge is 0.223 e. The molecule has 1 unspecified atom stereocenters. The van der Waals surface area contributed by atoms with Crippen molar-refractivity contribution in [2.45, 2.75) is 31.7 Å². The van der Waals surface area contributed by atoms with Gasteiger partial charge in [0.25, 0.3) is 0 Å². The molecule has 9 heteroatoms. The largest absolute Gasteiger partial charge is 0.368 e. The minimum absolute atomic E-state index is 0.101. The molecule has 2 aromatic heterocycles. The highest BCUT2D eigenvalue weighted by Crippen LogP contribution is 2.39. The molecule has 1 atom stereocenters. The summed E-state index contributed by atoms with van der Waals surface area (Å²) < 4.78 is 14.1. The summed E-state index contributed by atoms with van der Waals surface area (Å²) in [6, 6.07) is 7.90. The van der Waals surface area contributed by atoms with Crippen molar-refractivity contribution in [1.29, 1.82) is 0 Å². The van der Waals surface area contributed by atoms with E-state index >= 15 is 0 Å². The summed E-state index contributed by atoms with van der Waals surface area (Å²) in [7, 11) is 0. The Bertz CT molecular complexity index is 970. The first-order chi connectivity index (χ1) is 13.0. The molecule has 1 aliphatic rings. The van der Waals surface area contributed by atoms with Gasteiger partial charge in [0.15, 0.2) is 5.82 Å². The number of hydrogen-bond donors (Lipinski definition) is 4. The quantitative estimate of drug-likeness (QED) is 0.500. The normalized spacial score (nSPS) is 14.8. The average Bonchev–Trinajstić information content (AvgIpc) is 3.34. The minimum Gasteiger partial charge on any atom is -0.368 e. The highest BCUT2D eigenvalue weighted by Gasteiger charge is 2.25. The van der Waals surface area contributed by atoms with E-state index in [0.717, 1.165) is 5.69 Å². The van der Waals surface area contributed by atoms with Crippen molar-refractivity contribution < 1.29 is 4.39 Å². The molecule has 1 aliphatic carbocycles. The third-order valence-corrected chi connectivity index (χ3v) is 4.64. The maximum atomic E-state index is 14.1. The fraction of sp³-hybridized carbons (Fsp3) is 0.278. The van der Waals surface area contributed by atoms with Crippen LogP contribution in [0.1, 0.15) is 43.0 Å². The van der Waals surface area contributed by atoms with Crippen LogP contribution in [-0.4, -0.2) is 20.2 Å².